The Balaban J connectivity index is 1.56. The first-order valence-electron chi connectivity index (χ1n) is 8.65. The summed E-state index contributed by atoms with van der Waals surface area (Å²) in [7, 11) is 1.61. The quantitative estimate of drug-likeness (QED) is 0.486. The number of nitrogens with zero attached hydrogens (tertiary/aromatic N) is 2. The lowest BCUT2D eigenvalue weighted by Crippen LogP contribution is -2.23. The molecule has 0 atom stereocenters. The van der Waals surface area contributed by atoms with Crippen LogP contribution in [0.25, 0.3) is 21.3 Å². The van der Waals surface area contributed by atoms with Gasteiger partial charge in [-0.15, -0.1) is 11.3 Å². The maximum absolute atomic E-state index is 13.2. The number of benzene rings is 2. The first kappa shape index (κ1) is 18.2. The van der Waals surface area contributed by atoms with Crippen LogP contribution in [0.4, 0.5) is 4.39 Å². The molecule has 0 aliphatic rings. The molecule has 0 fully saturated rings. The maximum Gasteiger partial charge on any atom is 0.262 e. The zero-order valence-electron chi connectivity index (χ0n) is 15.1. The average molecular weight is 396 g/mol. The van der Waals surface area contributed by atoms with Gasteiger partial charge in [0.25, 0.3) is 5.56 Å². The van der Waals surface area contributed by atoms with Gasteiger partial charge in [0.1, 0.15) is 28.8 Å². The Morgan fingerprint density at radius 3 is 2.50 bits per heavy atom. The molecule has 2 aromatic heterocycles. The lowest BCUT2D eigenvalue weighted by molar-refractivity contribution is 0.295. The molecule has 0 spiro atoms. The van der Waals surface area contributed by atoms with Gasteiger partial charge in [-0.3, -0.25) is 9.36 Å². The van der Waals surface area contributed by atoms with Crippen LogP contribution in [0, 0.1) is 5.82 Å². The smallest absolute Gasteiger partial charge is 0.262 e. The lowest BCUT2D eigenvalue weighted by atomic mass is 10.1. The van der Waals surface area contributed by atoms with E-state index in [2.05, 4.69) is 4.98 Å². The number of methoxy groups -OCH3 is 1. The van der Waals surface area contributed by atoms with Gasteiger partial charge in [0.2, 0.25) is 0 Å². The molecule has 5 nitrogen and oxygen atoms in total. The number of fused-ring (bicyclic) bond motifs is 1. The summed E-state index contributed by atoms with van der Waals surface area (Å²) in [5, 5.41) is 2.42. The van der Waals surface area contributed by atoms with Gasteiger partial charge in [0.05, 0.1) is 25.4 Å². The van der Waals surface area contributed by atoms with E-state index in [-0.39, 0.29) is 11.4 Å². The molecule has 142 valence electrons. The van der Waals surface area contributed by atoms with Crippen molar-refractivity contribution in [3.8, 4) is 22.6 Å². The maximum atomic E-state index is 13.2. The topological polar surface area (TPSA) is 53.4 Å². The van der Waals surface area contributed by atoms with Crippen molar-refractivity contribution in [3.05, 3.63) is 76.4 Å². The Kier molecular flexibility index (Phi) is 5.08. The molecule has 2 heterocycles. The highest BCUT2D eigenvalue weighted by atomic mass is 32.1. The first-order valence-corrected chi connectivity index (χ1v) is 9.53. The summed E-state index contributed by atoms with van der Waals surface area (Å²) in [6, 6.07) is 13.4. The molecular formula is C21H17FN2O3S. The molecule has 0 amide bonds. The zero-order valence-corrected chi connectivity index (χ0v) is 15.9. The highest BCUT2D eigenvalue weighted by Crippen LogP contribution is 2.30. The van der Waals surface area contributed by atoms with Crippen LogP contribution >= 0.6 is 11.3 Å². The number of thiophene rings is 1. The van der Waals surface area contributed by atoms with E-state index in [1.165, 1.54) is 34.4 Å². The summed E-state index contributed by atoms with van der Waals surface area (Å²) in [5.74, 6) is 1.14. The summed E-state index contributed by atoms with van der Waals surface area (Å²) in [4.78, 5) is 18.0. The minimum absolute atomic E-state index is 0.135. The molecule has 2 aromatic carbocycles. The van der Waals surface area contributed by atoms with Crippen molar-refractivity contribution < 1.29 is 13.9 Å². The van der Waals surface area contributed by atoms with Gasteiger partial charge in [0, 0.05) is 10.9 Å². The van der Waals surface area contributed by atoms with Crippen LogP contribution in [0.15, 0.2) is 65.0 Å². The van der Waals surface area contributed by atoms with E-state index in [0.29, 0.717) is 29.1 Å². The fourth-order valence-corrected chi connectivity index (χ4v) is 3.81. The molecule has 4 rings (SSSR count). The highest BCUT2D eigenvalue weighted by molar-refractivity contribution is 7.17. The Morgan fingerprint density at radius 1 is 1.07 bits per heavy atom. The predicted octanol–water partition coefficient (Wildman–Crippen LogP) is 4.35. The number of hydrogen-bond acceptors (Lipinski definition) is 5. The second-order valence-electron chi connectivity index (χ2n) is 6.10. The molecule has 7 heteroatoms. The van der Waals surface area contributed by atoms with Gasteiger partial charge in [-0.25, -0.2) is 9.37 Å². The Bertz CT molecular complexity index is 1150. The van der Waals surface area contributed by atoms with Crippen LogP contribution in [-0.4, -0.2) is 23.3 Å². The summed E-state index contributed by atoms with van der Waals surface area (Å²) in [6.45, 7) is 0.696. The molecular weight excluding hydrogens is 379 g/mol. The second-order valence-corrected chi connectivity index (χ2v) is 6.96. The van der Waals surface area contributed by atoms with Crippen molar-refractivity contribution in [2.45, 2.75) is 6.54 Å². The fourth-order valence-electron chi connectivity index (χ4n) is 2.90. The minimum Gasteiger partial charge on any atom is -0.497 e. The van der Waals surface area contributed by atoms with Crippen molar-refractivity contribution >= 4 is 21.6 Å². The first-order chi connectivity index (χ1) is 13.7. The van der Waals surface area contributed by atoms with E-state index >= 15 is 0 Å². The SMILES string of the molecule is COc1ccc(OCCn2cnc3scc(-c4ccc(F)cc4)c3c2=O)cc1. The van der Waals surface area contributed by atoms with Crippen LogP contribution in [-0.2, 0) is 6.54 Å². The molecule has 0 N–H and O–H groups in total. The molecule has 4 aromatic rings. The van der Waals surface area contributed by atoms with Crippen LogP contribution < -0.4 is 15.0 Å². The van der Waals surface area contributed by atoms with Crippen LogP contribution in [0.3, 0.4) is 0 Å². The van der Waals surface area contributed by atoms with Crippen LogP contribution in [0.2, 0.25) is 0 Å². The summed E-state index contributed by atoms with van der Waals surface area (Å²) < 4.78 is 25.6. The molecule has 0 unspecified atom stereocenters. The van der Waals surface area contributed by atoms with Gasteiger partial charge < -0.3 is 9.47 Å². The molecule has 0 aliphatic heterocycles. The molecule has 28 heavy (non-hydrogen) atoms. The van der Waals surface area contributed by atoms with Crippen LogP contribution in [0.5, 0.6) is 11.5 Å². The Morgan fingerprint density at radius 2 is 1.79 bits per heavy atom. The number of rotatable bonds is 6. The standard InChI is InChI=1S/C21H17FN2O3S/c1-26-16-6-8-17(9-7-16)27-11-10-24-13-23-20-19(21(24)25)18(12-28-20)14-2-4-15(22)5-3-14/h2-9,12-13H,10-11H2,1H3. The van der Waals surface area contributed by atoms with Crippen molar-refractivity contribution in [2.75, 3.05) is 13.7 Å². The largest absolute Gasteiger partial charge is 0.497 e. The van der Waals surface area contributed by atoms with Gasteiger partial charge in [-0.1, -0.05) is 12.1 Å². The van der Waals surface area contributed by atoms with Crippen molar-refractivity contribution in [2.24, 2.45) is 0 Å². The van der Waals surface area contributed by atoms with E-state index in [4.69, 9.17) is 9.47 Å². The van der Waals surface area contributed by atoms with E-state index in [1.54, 1.807) is 19.2 Å². The number of halogens is 1. The van der Waals surface area contributed by atoms with Crippen molar-refractivity contribution in [1.82, 2.24) is 9.55 Å². The van der Waals surface area contributed by atoms with Gasteiger partial charge >= 0.3 is 0 Å². The van der Waals surface area contributed by atoms with Crippen molar-refractivity contribution in [1.29, 1.82) is 0 Å². The Hall–Kier alpha value is -3.19. The molecule has 0 aliphatic carbocycles. The van der Waals surface area contributed by atoms with Gasteiger partial charge in [0.15, 0.2) is 0 Å². The van der Waals surface area contributed by atoms with Gasteiger partial charge in [-0.2, -0.15) is 0 Å². The van der Waals surface area contributed by atoms with E-state index in [9.17, 15) is 9.18 Å². The van der Waals surface area contributed by atoms with Crippen molar-refractivity contribution in [3.63, 3.8) is 0 Å². The lowest BCUT2D eigenvalue weighted by Gasteiger charge is -2.09. The highest BCUT2D eigenvalue weighted by Gasteiger charge is 2.13. The molecule has 0 bridgehead atoms. The Labute approximate surface area is 164 Å². The average Bonchev–Trinajstić information content (AvgIpc) is 3.16. The monoisotopic (exact) mass is 396 g/mol. The van der Waals surface area contributed by atoms with Crippen LogP contribution in [0.1, 0.15) is 0 Å². The molecule has 0 saturated heterocycles. The predicted molar refractivity (Wildman–Crippen MR) is 108 cm³/mol. The van der Waals surface area contributed by atoms with E-state index < -0.39 is 0 Å². The third kappa shape index (κ3) is 3.61. The number of ether oxygens (including phenoxy) is 2. The summed E-state index contributed by atoms with van der Waals surface area (Å²) >= 11 is 1.40. The molecule has 0 saturated carbocycles. The number of aromatic nitrogens is 2. The second kappa shape index (κ2) is 7.82. The summed E-state index contributed by atoms with van der Waals surface area (Å²) in [6.07, 6.45) is 1.53. The van der Waals surface area contributed by atoms with E-state index in [1.807, 2.05) is 29.6 Å². The minimum atomic E-state index is -0.311. The third-order valence-electron chi connectivity index (χ3n) is 4.38. The van der Waals surface area contributed by atoms with E-state index in [0.717, 1.165) is 16.9 Å². The normalized spacial score (nSPS) is 10.9. The third-order valence-corrected chi connectivity index (χ3v) is 5.26. The summed E-state index contributed by atoms with van der Waals surface area (Å²) in [5.41, 5.74) is 1.42. The van der Waals surface area contributed by atoms with Gasteiger partial charge in [-0.05, 0) is 42.0 Å². The fraction of sp³-hybridized carbons (Fsp3) is 0.143. The number of hydrogen-bond donors (Lipinski definition) is 0. The zero-order chi connectivity index (χ0) is 19.5. The molecule has 0 radical (unpaired) electrons.